The van der Waals surface area contributed by atoms with Crippen LogP contribution < -0.4 is 4.74 Å². The summed E-state index contributed by atoms with van der Waals surface area (Å²) in [4.78, 5) is 22.1. The second kappa shape index (κ2) is 9.56. The van der Waals surface area contributed by atoms with Gasteiger partial charge in [-0.1, -0.05) is 17.3 Å². The largest absolute Gasteiger partial charge is 0.494 e. The van der Waals surface area contributed by atoms with E-state index < -0.39 is 11.4 Å². The zero-order valence-electron chi connectivity index (χ0n) is 22.2. The molecule has 2 aromatic carbocycles. The number of carboxylic acids is 1. The molecule has 38 heavy (non-hydrogen) atoms. The van der Waals surface area contributed by atoms with Gasteiger partial charge >= 0.3 is 5.97 Å². The summed E-state index contributed by atoms with van der Waals surface area (Å²) in [6.07, 6.45) is 4.38. The maximum Gasteiger partial charge on any atom is 0.309 e. The van der Waals surface area contributed by atoms with E-state index in [2.05, 4.69) is 27.1 Å². The number of hydrogen-bond donors (Lipinski definition) is 1. The molecule has 1 saturated carbocycles. The van der Waals surface area contributed by atoms with Gasteiger partial charge in [-0.15, -0.1) is 0 Å². The Labute approximate surface area is 223 Å². The molecular formula is C30H36FN3O4. The third kappa shape index (κ3) is 4.75. The van der Waals surface area contributed by atoms with Crippen molar-refractivity contribution in [3.05, 3.63) is 53.3 Å². The van der Waals surface area contributed by atoms with Gasteiger partial charge in [0.15, 0.2) is 5.60 Å². The van der Waals surface area contributed by atoms with E-state index in [1.807, 2.05) is 26.0 Å². The summed E-state index contributed by atoms with van der Waals surface area (Å²) in [5, 5.41) is 13.9. The molecule has 3 aliphatic heterocycles. The van der Waals surface area contributed by atoms with E-state index in [-0.39, 0.29) is 11.4 Å². The number of hydrogen-bond acceptors (Lipinski definition) is 6. The van der Waals surface area contributed by atoms with Gasteiger partial charge in [0, 0.05) is 38.3 Å². The average molecular weight is 522 g/mol. The normalized spacial score (nSPS) is 22.1. The second-order valence-electron chi connectivity index (χ2n) is 11.7. The summed E-state index contributed by atoms with van der Waals surface area (Å²) in [7, 11) is 0. The first-order valence-electron chi connectivity index (χ1n) is 13.8. The van der Waals surface area contributed by atoms with Crippen LogP contribution in [0, 0.1) is 11.2 Å². The molecule has 202 valence electrons. The van der Waals surface area contributed by atoms with Crippen LogP contribution >= 0.6 is 0 Å². The molecule has 4 aliphatic rings. The van der Waals surface area contributed by atoms with Gasteiger partial charge in [0.1, 0.15) is 17.4 Å². The number of piperidine rings is 1. The van der Waals surface area contributed by atoms with Crippen LogP contribution in [0.15, 0.2) is 41.6 Å². The van der Waals surface area contributed by atoms with E-state index in [1.54, 1.807) is 0 Å². The monoisotopic (exact) mass is 521 g/mol. The minimum absolute atomic E-state index is 0.227. The minimum atomic E-state index is -0.713. The lowest BCUT2D eigenvalue weighted by Crippen LogP contribution is -2.61. The van der Waals surface area contributed by atoms with Gasteiger partial charge in [-0.3, -0.25) is 9.69 Å². The van der Waals surface area contributed by atoms with E-state index in [9.17, 15) is 14.3 Å². The van der Waals surface area contributed by atoms with Gasteiger partial charge in [-0.2, -0.15) is 0 Å². The van der Waals surface area contributed by atoms with Gasteiger partial charge in [0.2, 0.25) is 0 Å². The summed E-state index contributed by atoms with van der Waals surface area (Å²) in [6, 6.07) is 11.2. The lowest BCUT2D eigenvalue weighted by Gasteiger charge is -2.46. The van der Waals surface area contributed by atoms with Crippen LogP contribution in [0.4, 0.5) is 4.39 Å². The van der Waals surface area contributed by atoms with Gasteiger partial charge in [0.05, 0.1) is 18.4 Å². The number of benzene rings is 2. The lowest BCUT2D eigenvalue weighted by molar-refractivity contribution is -0.150. The molecule has 6 rings (SSSR count). The highest BCUT2D eigenvalue weighted by atomic mass is 19.1. The fourth-order valence-electron chi connectivity index (χ4n) is 6.10. The van der Waals surface area contributed by atoms with Gasteiger partial charge < -0.3 is 19.6 Å². The molecular weight excluding hydrogens is 485 g/mol. The second-order valence-corrected chi connectivity index (χ2v) is 11.7. The van der Waals surface area contributed by atoms with Crippen molar-refractivity contribution >= 4 is 11.8 Å². The van der Waals surface area contributed by atoms with Crippen molar-refractivity contribution in [3.63, 3.8) is 0 Å². The number of halogens is 1. The predicted octanol–water partition coefficient (Wildman–Crippen LogP) is 5.24. The summed E-state index contributed by atoms with van der Waals surface area (Å²) < 4.78 is 19.7. The van der Waals surface area contributed by atoms with Crippen LogP contribution in [0.1, 0.15) is 63.0 Å². The van der Waals surface area contributed by atoms with E-state index >= 15 is 0 Å². The first-order chi connectivity index (χ1) is 18.3. The Kier molecular flexibility index (Phi) is 6.33. The van der Waals surface area contributed by atoms with Gasteiger partial charge in [-0.05, 0) is 86.4 Å². The molecule has 1 aliphatic carbocycles. The zero-order chi connectivity index (χ0) is 26.5. The Bertz CT molecular complexity index is 1240. The zero-order valence-corrected chi connectivity index (χ0v) is 22.2. The van der Waals surface area contributed by atoms with E-state index in [0.29, 0.717) is 38.5 Å². The molecule has 7 nitrogen and oxygen atoms in total. The predicted molar refractivity (Wildman–Crippen MR) is 143 cm³/mol. The van der Waals surface area contributed by atoms with E-state index in [4.69, 9.17) is 9.57 Å². The van der Waals surface area contributed by atoms with Crippen molar-refractivity contribution in [1.29, 1.82) is 0 Å². The molecule has 8 heteroatoms. The number of carboxylic acid groups (broad SMARTS) is 1. The summed E-state index contributed by atoms with van der Waals surface area (Å²) in [5.74, 6) is 1.45. The topological polar surface area (TPSA) is 74.6 Å². The molecule has 3 fully saturated rings. The standard InChI is InChI=1S/C30H36FN3O4/c1-3-37-26-15-25(21-6-8-23(31)9-7-21)24(20-4-5-20)14-22(26)17-33-18-30(19-33)16-27(32-38-30)34-12-10-29(2,11-13-34)28(35)36/h6-9,14-15,20H,3-5,10-13,16-19H2,1-2H3,(H,35,36). The van der Waals surface area contributed by atoms with Crippen LogP contribution in [0.5, 0.6) is 5.75 Å². The van der Waals surface area contributed by atoms with Gasteiger partial charge in [-0.25, -0.2) is 4.39 Å². The fraction of sp³-hybridized carbons (Fsp3) is 0.533. The Morgan fingerprint density at radius 1 is 1.18 bits per heavy atom. The first kappa shape index (κ1) is 25.2. The molecule has 1 N–H and O–H groups in total. The number of carbonyl (C=O) groups is 1. The number of nitrogens with zero attached hydrogens (tertiary/aromatic N) is 3. The van der Waals surface area contributed by atoms with E-state index in [1.165, 1.54) is 36.1 Å². The fourth-order valence-corrected chi connectivity index (χ4v) is 6.10. The quantitative estimate of drug-likeness (QED) is 0.537. The third-order valence-corrected chi connectivity index (χ3v) is 8.70. The Morgan fingerprint density at radius 2 is 1.89 bits per heavy atom. The number of aliphatic carboxylic acids is 1. The number of oxime groups is 1. The van der Waals surface area contributed by atoms with Gasteiger partial charge in [0.25, 0.3) is 0 Å². The summed E-state index contributed by atoms with van der Waals surface area (Å²) in [5.41, 5.74) is 3.73. The molecule has 0 aromatic heterocycles. The molecule has 2 saturated heterocycles. The molecule has 0 unspecified atom stereocenters. The van der Waals surface area contributed by atoms with E-state index in [0.717, 1.165) is 48.8 Å². The highest BCUT2D eigenvalue weighted by molar-refractivity contribution is 5.85. The van der Waals surface area contributed by atoms with Crippen LogP contribution in [0.2, 0.25) is 0 Å². The SMILES string of the molecule is CCOc1cc(-c2ccc(F)cc2)c(C2CC2)cc1CN1CC2(CC(N3CCC(C)(C(=O)O)CC3)=NO2)C1. The molecule has 0 atom stereocenters. The number of likely N-dealkylation sites (tertiary alicyclic amines) is 2. The number of amidine groups is 1. The van der Waals surface area contributed by atoms with Crippen molar-refractivity contribution in [2.75, 3.05) is 32.8 Å². The van der Waals surface area contributed by atoms with Crippen molar-refractivity contribution in [3.8, 4) is 16.9 Å². The highest BCUT2D eigenvalue weighted by Crippen LogP contribution is 2.47. The summed E-state index contributed by atoms with van der Waals surface area (Å²) >= 11 is 0. The van der Waals surface area contributed by atoms with Crippen molar-refractivity contribution in [2.45, 2.75) is 64.0 Å². The molecule has 0 bridgehead atoms. The third-order valence-electron chi connectivity index (χ3n) is 8.70. The minimum Gasteiger partial charge on any atom is -0.494 e. The number of rotatable bonds is 7. The highest BCUT2D eigenvalue weighted by Gasteiger charge is 2.51. The molecule has 0 radical (unpaired) electrons. The Morgan fingerprint density at radius 3 is 2.53 bits per heavy atom. The Hall–Kier alpha value is -3.13. The molecule has 2 aromatic rings. The van der Waals surface area contributed by atoms with Crippen molar-refractivity contribution < 1.29 is 23.9 Å². The van der Waals surface area contributed by atoms with Crippen molar-refractivity contribution in [1.82, 2.24) is 9.80 Å². The Balaban J connectivity index is 1.12. The average Bonchev–Trinajstić information content (AvgIpc) is 3.64. The van der Waals surface area contributed by atoms with Crippen LogP contribution in [0.3, 0.4) is 0 Å². The maximum absolute atomic E-state index is 13.6. The first-order valence-corrected chi connectivity index (χ1v) is 13.8. The molecule has 0 amide bonds. The number of ether oxygens (including phenoxy) is 1. The smallest absolute Gasteiger partial charge is 0.309 e. The maximum atomic E-state index is 13.6. The molecule has 1 spiro atoms. The molecule has 3 heterocycles. The van der Waals surface area contributed by atoms with Crippen LogP contribution in [-0.2, 0) is 16.2 Å². The van der Waals surface area contributed by atoms with Crippen molar-refractivity contribution in [2.24, 2.45) is 10.6 Å². The van der Waals surface area contributed by atoms with Crippen LogP contribution in [0.25, 0.3) is 11.1 Å². The lowest BCUT2D eigenvalue weighted by atomic mass is 9.80. The van der Waals surface area contributed by atoms with Crippen LogP contribution in [-0.4, -0.2) is 65.1 Å². The summed E-state index contributed by atoms with van der Waals surface area (Å²) in [6.45, 7) is 8.19.